The van der Waals surface area contributed by atoms with Crippen molar-refractivity contribution < 1.29 is 14.7 Å². The first-order valence-corrected chi connectivity index (χ1v) is 9.49. The topological polar surface area (TPSA) is 85.6 Å². The van der Waals surface area contributed by atoms with E-state index >= 15 is 0 Å². The zero-order valence-electron chi connectivity index (χ0n) is 15.6. The molecule has 4 rings (SSSR count). The highest BCUT2D eigenvalue weighted by Gasteiger charge is 2.44. The predicted molar refractivity (Wildman–Crippen MR) is 117 cm³/mol. The number of hydrogen-bond donors (Lipinski definition) is 1. The van der Waals surface area contributed by atoms with Crippen molar-refractivity contribution in [3.63, 3.8) is 0 Å². The van der Waals surface area contributed by atoms with Gasteiger partial charge < -0.3 is 5.11 Å². The summed E-state index contributed by atoms with van der Waals surface area (Å²) in [5.41, 5.74) is 1.47. The van der Waals surface area contributed by atoms with Gasteiger partial charge in [0.05, 0.1) is 16.9 Å². The molecule has 8 heteroatoms. The molecule has 1 atom stereocenters. The molecule has 1 amide bonds. The summed E-state index contributed by atoms with van der Waals surface area (Å²) in [4.78, 5) is 27.7. The summed E-state index contributed by atoms with van der Waals surface area (Å²) in [6.07, 6.45) is -1.05. The number of para-hydroxylation sites is 2. The molecular formula is C22H16N4O3S. The Bertz CT molecular complexity index is 1140. The highest BCUT2D eigenvalue weighted by atomic mass is 32.1. The third-order valence-corrected chi connectivity index (χ3v) is 4.92. The number of thiocarbonyl (C=S) groups is 1. The zero-order chi connectivity index (χ0) is 21.1. The Morgan fingerprint density at radius 1 is 0.867 bits per heavy atom. The van der Waals surface area contributed by atoms with Crippen molar-refractivity contribution in [1.29, 1.82) is 0 Å². The summed E-state index contributed by atoms with van der Waals surface area (Å²) in [6.45, 7) is 0. The van der Waals surface area contributed by atoms with E-state index in [1.165, 1.54) is 17.0 Å². The first kappa shape index (κ1) is 19.4. The Morgan fingerprint density at radius 2 is 1.43 bits per heavy atom. The van der Waals surface area contributed by atoms with E-state index in [1.807, 2.05) is 48.5 Å². The summed E-state index contributed by atoms with van der Waals surface area (Å²) in [5, 5.41) is 17.9. The molecule has 3 aromatic rings. The number of carboxylic acid groups (broad SMARTS) is 1. The molecule has 1 heterocycles. The third kappa shape index (κ3) is 3.56. The molecule has 1 fully saturated rings. The number of carbonyl (C=O) groups excluding carboxylic acids is 1. The number of aromatic carboxylic acids is 1. The monoisotopic (exact) mass is 416 g/mol. The van der Waals surface area contributed by atoms with Crippen molar-refractivity contribution in [2.24, 2.45) is 10.2 Å². The number of amides is 1. The van der Waals surface area contributed by atoms with Crippen LogP contribution in [0.5, 0.6) is 0 Å². The van der Waals surface area contributed by atoms with Gasteiger partial charge in [-0.05, 0) is 48.6 Å². The van der Waals surface area contributed by atoms with E-state index in [1.54, 1.807) is 29.2 Å². The van der Waals surface area contributed by atoms with Gasteiger partial charge >= 0.3 is 5.97 Å². The summed E-state index contributed by atoms with van der Waals surface area (Å²) in [7, 11) is 0. The third-order valence-electron chi connectivity index (χ3n) is 4.54. The smallest absolute Gasteiger partial charge is 0.337 e. The summed E-state index contributed by atoms with van der Waals surface area (Å²) in [6, 6.07) is 24.5. The molecule has 0 spiro atoms. The second kappa shape index (κ2) is 8.22. The van der Waals surface area contributed by atoms with Gasteiger partial charge in [-0.1, -0.05) is 48.5 Å². The Morgan fingerprint density at radius 3 is 2.07 bits per heavy atom. The minimum absolute atomic E-state index is 0.000416. The lowest BCUT2D eigenvalue weighted by molar-refractivity contribution is -0.117. The maximum Gasteiger partial charge on any atom is 0.337 e. The van der Waals surface area contributed by atoms with E-state index in [2.05, 4.69) is 10.2 Å². The fourth-order valence-electron chi connectivity index (χ4n) is 3.15. The van der Waals surface area contributed by atoms with E-state index in [0.717, 1.165) is 0 Å². The highest BCUT2D eigenvalue weighted by Crippen LogP contribution is 2.31. The number of hydrogen-bond acceptors (Lipinski definition) is 5. The molecule has 1 unspecified atom stereocenters. The zero-order valence-corrected chi connectivity index (χ0v) is 16.4. The van der Waals surface area contributed by atoms with Crippen LogP contribution in [0.25, 0.3) is 0 Å². The fraction of sp³-hybridized carbons (Fsp3) is 0.0455. The molecule has 0 saturated carbocycles. The first-order chi connectivity index (χ1) is 14.6. The lowest BCUT2D eigenvalue weighted by Crippen LogP contribution is -2.33. The van der Waals surface area contributed by atoms with Gasteiger partial charge in [-0.15, -0.1) is 0 Å². The molecule has 3 aromatic carbocycles. The molecule has 0 aromatic heterocycles. The van der Waals surface area contributed by atoms with E-state index in [4.69, 9.17) is 12.2 Å². The molecular weight excluding hydrogens is 400 g/mol. The molecule has 0 bridgehead atoms. The van der Waals surface area contributed by atoms with Crippen LogP contribution in [0.15, 0.2) is 95.2 Å². The molecule has 7 nitrogen and oxygen atoms in total. The van der Waals surface area contributed by atoms with Crippen LogP contribution in [0.2, 0.25) is 0 Å². The molecule has 0 aliphatic carbocycles. The van der Waals surface area contributed by atoms with E-state index in [-0.39, 0.29) is 22.3 Å². The van der Waals surface area contributed by atoms with Crippen molar-refractivity contribution in [3.05, 3.63) is 90.5 Å². The molecule has 1 N–H and O–H groups in total. The summed E-state index contributed by atoms with van der Waals surface area (Å²) >= 11 is 5.61. The summed E-state index contributed by atoms with van der Waals surface area (Å²) in [5.74, 6) is -1.49. The molecule has 1 aliphatic rings. The van der Waals surface area contributed by atoms with Crippen LogP contribution in [0.1, 0.15) is 10.4 Å². The Balaban J connectivity index is 1.77. The van der Waals surface area contributed by atoms with Gasteiger partial charge in [0, 0.05) is 5.69 Å². The lowest BCUT2D eigenvalue weighted by Gasteiger charge is -2.21. The van der Waals surface area contributed by atoms with Crippen LogP contribution in [0.4, 0.5) is 17.1 Å². The van der Waals surface area contributed by atoms with Crippen LogP contribution < -0.4 is 9.80 Å². The van der Waals surface area contributed by atoms with Gasteiger partial charge in [-0.2, -0.15) is 10.2 Å². The van der Waals surface area contributed by atoms with Gasteiger partial charge in [-0.25, -0.2) is 4.79 Å². The number of benzene rings is 3. The fourth-order valence-corrected chi connectivity index (χ4v) is 3.55. The molecule has 1 aliphatic heterocycles. The second-order valence-electron chi connectivity index (χ2n) is 6.41. The largest absolute Gasteiger partial charge is 0.478 e. The number of nitrogens with zero attached hydrogens (tertiary/aromatic N) is 4. The number of carboxylic acids is 1. The van der Waals surface area contributed by atoms with Crippen molar-refractivity contribution in [3.8, 4) is 0 Å². The number of rotatable bonds is 5. The van der Waals surface area contributed by atoms with E-state index in [9.17, 15) is 14.7 Å². The van der Waals surface area contributed by atoms with Crippen molar-refractivity contribution in [2.75, 3.05) is 9.80 Å². The van der Waals surface area contributed by atoms with Crippen LogP contribution >= 0.6 is 12.2 Å². The molecule has 148 valence electrons. The number of azo groups is 1. The Hall–Kier alpha value is -3.91. The van der Waals surface area contributed by atoms with Gasteiger partial charge in [0.25, 0.3) is 5.91 Å². The second-order valence-corrected chi connectivity index (χ2v) is 6.77. The van der Waals surface area contributed by atoms with Gasteiger partial charge in [0.1, 0.15) is 0 Å². The molecule has 30 heavy (non-hydrogen) atoms. The van der Waals surface area contributed by atoms with Crippen molar-refractivity contribution in [1.82, 2.24) is 0 Å². The minimum atomic E-state index is -1.12. The van der Waals surface area contributed by atoms with E-state index < -0.39 is 12.1 Å². The SMILES string of the molecule is O=C(O)c1ccccc1N=NC1C(=O)N(c2ccccc2)C(=S)N1c1ccccc1. The van der Waals surface area contributed by atoms with Crippen LogP contribution in [0, 0.1) is 0 Å². The quantitative estimate of drug-likeness (QED) is 0.484. The average Bonchev–Trinajstić information content (AvgIpc) is 3.03. The Labute approximate surface area is 177 Å². The van der Waals surface area contributed by atoms with E-state index in [0.29, 0.717) is 11.4 Å². The van der Waals surface area contributed by atoms with Gasteiger partial charge in [-0.3, -0.25) is 14.6 Å². The normalized spacial score (nSPS) is 16.5. The van der Waals surface area contributed by atoms with Crippen molar-refractivity contribution >= 4 is 46.3 Å². The Kier molecular flexibility index (Phi) is 5.32. The lowest BCUT2D eigenvalue weighted by atomic mass is 10.2. The van der Waals surface area contributed by atoms with Gasteiger partial charge in [0.2, 0.25) is 6.17 Å². The molecule has 1 saturated heterocycles. The van der Waals surface area contributed by atoms with Gasteiger partial charge in [0.15, 0.2) is 5.11 Å². The number of carbonyl (C=O) groups is 2. The maximum absolute atomic E-state index is 13.3. The maximum atomic E-state index is 13.3. The molecule has 0 radical (unpaired) electrons. The highest BCUT2D eigenvalue weighted by molar-refractivity contribution is 7.81. The summed E-state index contributed by atoms with van der Waals surface area (Å²) < 4.78 is 0. The van der Waals surface area contributed by atoms with Crippen LogP contribution in [-0.2, 0) is 4.79 Å². The van der Waals surface area contributed by atoms with Crippen LogP contribution in [0.3, 0.4) is 0 Å². The average molecular weight is 416 g/mol. The predicted octanol–water partition coefficient (Wildman–Crippen LogP) is 4.63. The first-order valence-electron chi connectivity index (χ1n) is 9.08. The minimum Gasteiger partial charge on any atom is -0.478 e. The van der Waals surface area contributed by atoms with Crippen molar-refractivity contribution in [2.45, 2.75) is 6.17 Å². The standard InChI is InChI=1S/C22H16N4O3S/c27-20-19(24-23-18-14-8-7-13-17(18)21(28)29)25(15-9-3-1-4-10-15)22(30)26(20)16-11-5-2-6-12-16/h1-14,19H,(H,28,29). The van der Waals surface area contributed by atoms with Crippen LogP contribution in [-0.4, -0.2) is 28.3 Å². The number of anilines is 2.